The maximum Gasteiger partial charge on any atom is 0.257 e. The van der Waals surface area contributed by atoms with Crippen LogP contribution < -0.4 is 4.74 Å². The van der Waals surface area contributed by atoms with Crippen LogP contribution in [0.4, 0.5) is 0 Å². The molecule has 1 aliphatic heterocycles. The molecular weight excluding hydrogens is 406 g/mol. The summed E-state index contributed by atoms with van der Waals surface area (Å²) < 4.78 is 11.1. The van der Waals surface area contributed by atoms with Gasteiger partial charge in [0.15, 0.2) is 0 Å². The molecule has 2 aliphatic rings. The van der Waals surface area contributed by atoms with Crippen LogP contribution in [0.1, 0.15) is 66.3 Å². The van der Waals surface area contributed by atoms with Crippen molar-refractivity contribution in [3.8, 4) is 5.75 Å². The van der Waals surface area contributed by atoms with Crippen molar-refractivity contribution in [1.82, 2.24) is 15.0 Å². The molecular formula is C25H33N3O4. The fourth-order valence-electron chi connectivity index (χ4n) is 5.24. The van der Waals surface area contributed by atoms with Gasteiger partial charge in [0, 0.05) is 45.6 Å². The Morgan fingerprint density at radius 1 is 1.22 bits per heavy atom. The van der Waals surface area contributed by atoms with Crippen LogP contribution in [-0.4, -0.2) is 61.1 Å². The minimum Gasteiger partial charge on any atom is -0.496 e. The fourth-order valence-corrected chi connectivity index (χ4v) is 5.24. The molecule has 0 unspecified atom stereocenters. The number of rotatable bonds is 6. The highest BCUT2D eigenvalue weighted by Gasteiger charge is 2.48. The minimum absolute atomic E-state index is 0.0171. The van der Waals surface area contributed by atoms with E-state index in [1.54, 1.807) is 43.1 Å². The number of methoxy groups -OCH3 is 1. The molecule has 1 saturated heterocycles. The van der Waals surface area contributed by atoms with Crippen LogP contribution >= 0.6 is 0 Å². The van der Waals surface area contributed by atoms with E-state index in [4.69, 9.17) is 9.26 Å². The third kappa shape index (κ3) is 4.38. The fraction of sp³-hybridized carbons (Fsp3) is 0.560. The Balaban J connectivity index is 1.55. The zero-order valence-electron chi connectivity index (χ0n) is 19.3. The van der Waals surface area contributed by atoms with Crippen LogP contribution in [0.15, 0.2) is 34.9 Å². The van der Waals surface area contributed by atoms with Crippen molar-refractivity contribution in [1.29, 1.82) is 0 Å². The molecule has 1 aromatic heterocycles. The standard InChI is InChI=1S/C25H33N3O4/c1-27(2)24(30)25(16-19-15-21(26-32-19)18-9-5-4-6-10-18)13-14-28(17-25)23(29)20-11-7-8-12-22(20)31-3/h7-8,11-12,15,18H,4-6,9-10,13-14,16-17H2,1-3H3/t25-/m0/s1. The lowest BCUT2D eigenvalue weighted by Gasteiger charge is -2.30. The summed E-state index contributed by atoms with van der Waals surface area (Å²) >= 11 is 0. The normalized spacial score (nSPS) is 21.5. The Hall–Kier alpha value is -2.83. The minimum atomic E-state index is -0.718. The molecule has 2 heterocycles. The van der Waals surface area contributed by atoms with Crippen LogP contribution in [0, 0.1) is 5.41 Å². The number of benzene rings is 1. The molecule has 1 saturated carbocycles. The molecule has 1 aromatic carbocycles. The lowest BCUT2D eigenvalue weighted by Crippen LogP contribution is -2.44. The van der Waals surface area contributed by atoms with Crippen LogP contribution in [0.3, 0.4) is 0 Å². The summed E-state index contributed by atoms with van der Waals surface area (Å²) in [6.45, 7) is 0.862. The molecule has 2 amide bonds. The molecule has 2 aromatic rings. The number of nitrogens with zero attached hydrogens (tertiary/aromatic N) is 3. The predicted molar refractivity (Wildman–Crippen MR) is 121 cm³/mol. The van der Waals surface area contributed by atoms with Gasteiger partial charge in [-0.1, -0.05) is 36.6 Å². The second kappa shape index (κ2) is 9.35. The molecule has 0 N–H and O–H groups in total. The predicted octanol–water partition coefficient (Wildman–Crippen LogP) is 3.89. The van der Waals surface area contributed by atoms with Crippen molar-refractivity contribution in [3.05, 3.63) is 47.3 Å². The molecule has 7 heteroatoms. The summed E-state index contributed by atoms with van der Waals surface area (Å²) in [5.74, 6) is 1.63. The first-order valence-electron chi connectivity index (χ1n) is 11.5. The van der Waals surface area contributed by atoms with E-state index in [-0.39, 0.29) is 11.8 Å². The molecule has 1 aliphatic carbocycles. The van der Waals surface area contributed by atoms with Gasteiger partial charge >= 0.3 is 0 Å². The van der Waals surface area contributed by atoms with Crippen LogP contribution in [-0.2, 0) is 11.2 Å². The highest BCUT2D eigenvalue weighted by atomic mass is 16.5. The first kappa shape index (κ1) is 22.4. The molecule has 32 heavy (non-hydrogen) atoms. The van der Waals surface area contributed by atoms with E-state index in [1.165, 1.54) is 19.3 Å². The molecule has 0 radical (unpaired) electrons. The molecule has 172 valence electrons. The van der Waals surface area contributed by atoms with Crippen LogP contribution in [0.5, 0.6) is 5.75 Å². The van der Waals surface area contributed by atoms with Gasteiger partial charge in [0.1, 0.15) is 11.5 Å². The average molecular weight is 440 g/mol. The maximum atomic E-state index is 13.3. The van der Waals surface area contributed by atoms with E-state index in [9.17, 15) is 9.59 Å². The molecule has 4 rings (SSSR count). The summed E-state index contributed by atoms with van der Waals surface area (Å²) in [5.41, 5.74) is 0.805. The maximum absolute atomic E-state index is 13.3. The number of ether oxygens (including phenoxy) is 1. The SMILES string of the molecule is COc1ccccc1C(=O)N1CC[C@@](Cc2cc(C3CCCCC3)no2)(C(=O)N(C)C)C1. The van der Waals surface area contributed by atoms with Crippen molar-refractivity contribution in [2.75, 3.05) is 34.3 Å². The van der Waals surface area contributed by atoms with E-state index < -0.39 is 5.41 Å². The van der Waals surface area contributed by atoms with Gasteiger partial charge in [-0.2, -0.15) is 0 Å². The Labute approximate surface area is 189 Å². The lowest BCUT2D eigenvalue weighted by atomic mass is 9.80. The number of para-hydroxylation sites is 1. The van der Waals surface area contributed by atoms with Gasteiger partial charge in [-0.3, -0.25) is 9.59 Å². The highest BCUT2D eigenvalue weighted by Crippen LogP contribution is 2.39. The first-order chi connectivity index (χ1) is 15.4. The zero-order valence-corrected chi connectivity index (χ0v) is 19.3. The van der Waals surface area contributed by atoms with E-state index in [2.05, 4.69) is 5.16 Å². The van der Waals surface area contributed by atoms with Gasteiger partial charge < -0.3 is 19.1 Å². The summed E-state index contributed by atoms with van der Waals surface area (Å²) in [6, 6.07) is 9.24. The van der Waals surface area contributed by atoms with Gasteiger partial charge in [-0.05, 0) is 31.4 Å². The Kier molecular flexibility index (Phi) is 6.53. The van der Waals surface area contributed by atoms with Gasteiger partial charge in [-0.25, -0.2) is 0 Å². The second-order valence-electron chi connectivity index (χ2n) is 9.39. The number of hydrogen-bond donors (Lipinski definition) is 0. The summed E-state index contributed by atoms with van der Waals surface area (Å²) in [6.07, 6.45) is 7.08. The van der Waals surface area contributed by atoms with Crippen molar-refractivity contribution in [2.24, 2.45) is 5.41 Å². The van der Waals surface area contributed by atoms with Crippen molar-refractivity contribution in [2.45, 2.75) is 50.9 Å². The Bertz CT molecular complexity index is 964. The summed E-state index contributed by atoms with van der Waals surface area (Å²) in [7, 11) is 5.09. The number of hydrogen-bond acceptors (Lipinski definition) is 5. The molecule has 0 bridgehead atoms. The molecule has 0 spiro atoms. The second-order valence-corrected chi connectivity index (χ2v) is 9.39. The monoisotopic (exact) mass is 439 g/mol. The largest absolute Gasteiger partial charge is 0.496 e. The zero-order chi connectivity index (χ0) is 22.7. The van der Waals surface area contributed by atoms with Crippen LogP contribution in [0.25, 0.3) is 0 Å². The van der Waals surface area contributed by atoms with E-state index in [0.29, 0.717) is 43.2 Å². The van der Waals surface area contributed by atoms with Gasteiger partial charge in [0.05, 0.1) is 23.8 Å². The summed E-state index contributed by atoms with van der Waals surface area (Å²) in [4.78, 5) is 29.9. The van der Waals surface area contributed by atoms with Crippen LogP contribution in [0.2, 0.25) is 0 Å². The van der Waals surface area contributed by atoms with Crippen molar-refractivity contribution >= 4 is 11.8 Å². The van der Waals surface area contributed by atoms with E-state index >= 15 is 0 Å². The third-order valence-corrected chi connectivity index (χ3v) is 6.95. The molecule has 7 nitrogen and oxygen atoms in total. The van der Waals surface area contributed by atoms with Crippen molar-refractivity contribution in [3.63, 3.8) is 0 Å². The molecule has 1 atom stereocenters. The van der Waals surface area contributed by atoms with E-state index in [1.807, 2.05) is 18.2 Å². The van der Waals surface area contributed by atoms with Gasteiger partial charge in [0.2, 0.25) is 5.91 Å². The van der Waals surface area contributed by atoms with Gasteiger partial charge in [-0.15, -0.1) is 0 Å². The Morgan fingerprint density at radius 2 is 1.97 bits per heavy atom. The lowest BCUT2D eigenvalue weighted by molar-refractivity contribution is -0.139. The first-order valence-corrected chi connectivity index (χ1v) is 11.5. The Morgan fingerprint density at radius 3 is 2.69 bits per heavy atom. The average Bonchev–Trinajstić information content (AvgIpc) is 3.47. The number of likely N-dealkylation sites (tertiary alicyclic amines) is 1. The number of carbonyl (C=O) groups is 2. The number of amides is 2. The molecule has 2 fully saturated rings. The van der Waals surface area contributed by atoms with Crippen molar-refractivity contribution < 1.29 is 18.8 Å². The third-order valence-electron chi connectivity index (χ3n) is 6.95. The topological polar surface area (TPSA) is 75.9 Å². The number of carbonyl (C=O) groups excluding carboxylic acids is 2. The van der Waals surface area contributed by atoms with E-state index in [0.717, 1.165) is 24.3 Å². The number of aromatic nitrogens is 1. The highest BCUT2D eigenvalue weighted by molar-refractivity contribution is 5.98. The quantitative estimate of drug-likeness (QED) is 0.682. The van der Waals surface area contributed by atoms with Gasteiger partial charge in [0.25, 0.3) is 5.91 Å². The smallest absolute Gasteiger partial charge is 0.257 e. The summed E-state index contributed by atoms with van der Waals surface area (Å²) in [5, 5.41) is 4.34.